The average Bonchev–Trinajstić information content (AvgIpc) is 2.15. The summed E-state index contributed by atoms with van der Waals surface area (Å²) in [6, 6.07) is 0.406. The first kappa shape index (κ1) is 12.4. The van der Waals surface area contributed by atoms with Crippen molar-refractivity contribution in [3.05, 3.63) is 17.0 Å². The third-order valence-corrected chi connectivity index (χ3v) is 3.38. The molecule has 0 saturated heterocycles. The molecule has 0 aliphatic heterocycles. The van der Waals surface area contributed by atoms with Crippen LogP contribution in [-0.2, 0) is 0 Å². The van der Waals surface area contributed by atoms with Crippen molar-refractivity contribution in [2.75, 3.05) is 11.9 Å². The number of aromatic nitrogens is 2. The lowest BCUT2D eigenvalue weighted by Crippen LogP contribution is -2.40. The van der Waals surface area contributed by atoms with Crippen LogP contribution in [0.25, 0.3) is 0 Å². The first-order valence-electron chi connectivity index (χ1n) is 5.02. The standard InChI is InChI=1S/C11H18BrN3/c1-8(11(2,3)4)15(5)10-9(12)6-13-7-14-10/h6-8H,1-5H3. The van der Waals surface area contributed by atoms with Gasteiger partial charge in [0, 0.05) is 19.3 Å². The van der Waals surface area contributed by atoms with Crippen LogP contribution in [0.3, 0.4) is 0 Å². The molecule has 1 atom stereocenters. The average molecular weight is 272 g/mol. The lowest BCUT2D eigenvalue weighted by Gasteiger charge is -2.36. The zero-order chi connectivity index (χ0) is 11.6. The Morgan fingerprint density at radius 3 is 2.47 bits per heavy atom. The van der Waals surface area contributed by atoms with Gasteiger partial charge in [0.2, 0.25) is 0 Å². The highest BCUT2D eigenvalue weighted by atomic mass is 79.9. The molecule has 0 aliphatic rings. The second-order valence-electron chi connectivity index (χ2n) is 4.85. The van der Waals surface area contributed by atoms with E-state index in [-0.39, 0.29) is 5.41 Å². The molecule has 84 valence electrons. The Labute approximate surface area is 100 Å². The van der Waals surface area contributed by atoms with Gasteiger partial charge in [0.15, 0.2) is 0 Å². The molecule has 0 saturated carbocycles. The molecule has 0 bridgehead atoms. The third kappa shape index (κ3) is 2.91. The first-order valence-corrected chi connectivity index (χ1v) is 5.81. The maximum absolute atomic E-state index is 4.28. The second kappa shape index (κ2) is 4.47. The van der Waals surface area contributed by atoms with Gasteiger partial charge >= 0.3 is 0 Å². The normalized spacial score (nSPS) is 13.7. The fraction of sp³-hybridized carbons (Fsp3) is 0.636. The zero-order valence-corrected chi connectivity index (χ0v) is 11.5. The minimum absolute atomic E-state index is 0.221. The Morgan fingerprint density at radius 1 is 1.40 bits per heavy atom. The van der Waals surface area contributed by atoms with E-state index in [0.29, 0.717) is 6.04 Å². The summed E-state index contributed by atoms with van der Waals surface area (Å²) in [5, 5.41) is 0. The Kier molecular flexibility index (Phi) is 3.71. The summed E-state index contributed by atoms with van der Waals surface area (Å²) >= 11 is 3.47. The van der Waals surface area contributed by atoms with E-state index in [1.54, 1.807) is 12.5 Å². The summed E-state index contributed by atoms with van der Waals surface area (Å²) in [5.74, 6) is 0.937. The summed E-state index contributed by atoms with van der Waals surface area (Å²) in [6.45, 7) is 8.88. The summed E-state index contributed by atoms with van der Waals surface area (Å²) in [5.41, 5.74) is 0.221. The summed E-state index contributed by atoms with van der Waals surface area (Å²) in [6.07, 6.45) is 3.35. The molecular formula is C11H18BrN3. The van der Waals surface area contributed by atoms with Crippen molar-refractivity contribution in [3.8, 4) is 0 Å². The maximum atomic E-state index is 4.28. The highest BCUT2D eigenvalue weighted by Gasteiger charge is 2.25. The summed E-state index contributed by atoms with van der Waals surface area (Å²) < 4.78 is 0.934. The van der Waals surface area contributed by atoms with Gasteiger partial charge in [0.1, 0.15) is 12.1 Å². The SMILES string of the molecule is CC(N(C)c1ncncc1Br)C(C)(C)C. The fourth-order valence-electron chi connectivity index (χ4n) is 1.33. The van der Waals surface area contributed by atoms with Crippen molar-refractivity contribution in [2.45, 2.75) is 33.7 Å². The molecule has 1 unspecified atom stereocenters. The molecule has 1 rings (SSSR count). The van der Waals surface area contributed by atoms with Crippen molar-refractivity contribution in [1.82, 2.24) is 9.97 Å². The quantitative estimate of drug-likeness (QED) is 0.828. The topological polar surface area (TPSA) is 29.0 Å². The second-order valence-corrected chi connectivity index (χ2v) is 5.70. The molecule has 3 nitrogen and oxygen atoms in total. The van der Waals surface area contributed by atoms with Crippen LogP contribution in [0.15, 0.2) is 17.0 Å². The number of rotatable bonds is 2. The predicted molar refractivity (Wildman–Crippen MR) is 67.1 cm³/mol. The van der Waals surface area contributed by atoms with Gasteiger partial charge in [-0.05, 0) is 28.3 Å². The van der Waals surface area contributed by atoms with E-state index in [1.807, 2.05) is 0 Å². The molecule has 0 N–H and O–H groups in total. The molecular weight excluding hydrogens is 254 g/mol. The number of anilines is 1. The van der Waals surface area contributed by atoms with Crippen LogP contribution in [0.1, 0.15) is 27.7 Å². The van der Waals surface area contributed by atoms with Crippen molar-refractivity contribution < 1.29 is 0 Å². The molecule has 1 heterocycles. The van der Waals surface area contributed by atoms with E-state index < -0.39 is 0 Å². The van der Waals surface area contributed by atoms with Crippen LogP contribution < -0.4 is 4.90 Å². The van der Waals surface area contributed by atoms with Crippen LogP contribution in [0.4, 0.5) is 5.82 Å². The van der Waals surface area contributed by atoms with Crippen molar-refractivity contribution in [2.24, 2.45) is 5.41 Å². The van der Waals surface area contributed by atoms with Gasteiger partial charge in [-0.25, -0.2) is 9.97 Å². The molecule has 0 aliphatic carbocycles. The van der Waals surface area contributed by atoms with Gasteiger partial charge < -0.3 is 4.90 Å². The number of nitrogens with zero attached hydrogens (tertiary/aromatic N) is 3. The summed E-state index contributed by atoms with van der Waals surface area (Å²) in [7, 11) is 2.06. The third-order valence-electron chi connectivity index (χ3n) is 2.82. The van der Waals surface area contributed by atoms with Gasteiger partial charge in [0.05, 0.1) is 4.47 Å². The smallest absolute Gasteiger partial charge is 0.146 e. The molecule has 0 spiro atoms. The van der Waals surface area contributed by atoms with Crippen LogP contribution in [-0.4, -0.2) is 23.1 Å². The molecule has 1 aromatic heterocycles. The van der Waals surface area contributed by atoms with E-state index in [4.69, 9.17) is 0 Å². The van der Waals surface area contributed by atoms with Gasteiger partial charge in [0.25, 0.3) is 0 Å². The fourth-order valence-corrected chi connectivity index (χ4v) is 1.83. The molecule has 1 aromatic rings. The Balaban J connectivity index is 2.95. The number of hydrogen-bond donors (Lipinski definition) is 0. The molecule has 0 aromatic carbocycles. The highest BCUT2D eigenvalue weighted by Crippen LogP contribution is 2.29. The predicted octanol–water partition coefficient (Wildman–Crippen LogP) is 3.11. The zero-order valence-electron chi connectivity index (χ0n) is 9.95. The van der Waals surface area contributed by atoms with E-state index in [1.165, 1.54) is 0 Å². The molecule has 0 amide bonds. The first-order chi connectivity index (χ1) is 6.84. The Morgan fingerprint density at radius 2 is 2.00 bits per heavy atom. The molecule has 0 radical (unpaired) electrons. The molecule has 4 heteroatoms. The van der Waals surface area contributed by atoms with Gasteiger partial charge in [-0.1, -0.05) is 20.8 Å². The minimum Gasteiger partial charge on any atom is -0.355 e. The van der Waals surface area contributed by atoms with E-state index >= 15 is 0 Å². The monoisotopic (exact) mass is 271 g/mol. The summed E-state index contributed by atoms with van der Waals surface area (Å²) in [4.78, 5) is 10.4. The Bertz CT molecular complexity index is 333. The minimum atomic E-state index is 0.221. The Hall–Kier alpha value is -0.640. The van der Waals surface area contributed by atoms with Crippen molar-refractivity contribution in [3.63, 3.8) is 0 Å². The van der Waals surface area contributed by atoms with Crippen molar-refractivity contribution in [1.29, 1.82) is 0 Å². The van der Waals surface area contributed by atoms with Crippen LogP contribution >= 0.6 is 15.9 Å². The van der Waals surface area contributed by atoms with Crippen LogP contribution in [0.5, 0.6) is 0 Å². The highest BCUT2D eigenvalue weighted by molar-refractivity contribution is 9.10. The largest absolute Gasteiger partial charge is 0.355 e. The number of halogens is 1. The van der Waals surface area contributed by atoms with Gasteiger partial charge in [-0.15, -0.1) is 0 Å². The van der Waals surface area contributed by atoms with Crippen LogP contribution in [0.2, 0.25) is 0 Å². The molecule has 15 heavy (non-hydrogen) atoms. The molecule has 0 fully saturated rings. The maximum Gasteiger partial charge on any atom is 0.146 e. The van der Waals surface area contributed by atoms with E-state index in [0.717, 1.165) is 10.3 Å². The van der Waals surface area contributed by atoms with Crippen molar-refractivity contribution >= 4 is 21.7 Å². The number of hydrogen-bond acceptors (Lipinski definition) is 3. The lowest BCUT2D eigenvalue weighted by molar-refractivity contribution is 0.328. The van der Waals surface area contributed by atoms with E-state index in [9.17, 15) is 0 Å². The van der Waals surface area contributed by atoms with Gasteiger partial charge in [-0.3, -0.25) is 0 Å². The lowest BCUT2D eigenvalue weighted by atomic mass is 9.87. The van der Waals surface area contributed by atoms with Gasteiger partial charge in [-0.2, -0.15) is 0 Å². The van der Waals surface area contributed by atoms with Crippen LogP contribution in [0, 0.1) is 5.41 Å². The van der Waals surface area contributed by atoms with E-state index in [2.05, 4.69) is 65.5 Å².